The van der Waals surface area contributed by atoms with Crippen molar-refractivity contribution in [1.82, 2.24) is 0 Å². The van der Waals surface area contributed by atoms with E-state index in [1.807, 2.05) is 78.9 Å². The summed E-state index contributed by atoms with van der Waals surface area (Å²) >= 11 is 0. The number of rotatable bonds is 6. The minimum atomic E-state index is -0.375. The molecule has 1 aliphatic heterocycles. The van der Waals surface area contributed by atoms with Crippen molar-refractivity contribution in [2.45, 2.75) is 38.5 Å². The van der Waals surface area contributed by atoms with Gasteiger partial charge in [-0.15, -0.1) is 0 Å². The molecule has 0 bridgehead atoms. The number of hydrogen-bond donors (Lipinski definition) is 2. The Bertz CT molecular complexity index is 1470. The fourth-order valence-electron chi connectivity index (χ4n) is 4.60. The highest BCUT2D eigenvalue weighted by Gasteiger charge is 2.24. The van der Waals surface area contributed by atoms with Crippen molar-refractivity contribution in [3.05, 3.63) is 120 Å². The number of nitrogens with one attached hydrogen (secondary N) is 1. The Labute approximate surface area is 218 Å². The maximum absolute atomic E-state index is 13.9. The van der Waals surface area contributed by atoms with Crippen LogP contribution in [0.2, 0.25) is 0 Å². The molecule has 4 nitrogen and oxygen atoms in total. The number of benzene rings is 3. The van der Waals surface area contributed by atoms with Gasteiger partial charge >= 0.3 is 0 Å². The largest absolute Gasteiger partial charge is 0.456 e. The summed E-state index contributed by atoms with van der Waals surface area (Å²) in [4.78, 5) is 13.9. The lowest BCUT2D eigenvalue weighted by Gasteiger charge is -2.22. The second-order valence-corrected chi connectivity index (χ2v) is 10.6. The van der Waals surface area contributed by atoms with Gasteiger partial charge in [-0.25, -0.2) is 0 Å². The van der Waals surface area contributed by atoms with Crippen molar-refractivity contribution >= 4 is 17.3 Å². The molecule has 186 valence electrons. The molecule has 0 radical (unpaired) electrons. The first kappa shape index (κ1) is 24.4. The van der Waals surface area contributed by atoms with Crippen LogP contribution in [-0.4, -0.2) is 5.91 Å². The van der Waals surface area contributed by atoms with E-state index < -0.39 is 0 Å². The van der Waals surface area contributed by atoms with Crippen LogP contribution >= 0.6 is 0 Å². The van der Waals surface area contributed by atoms with Crippen LogP contribution in [0.5, 0.6) is 0 Å². The zero-order chi connectivity index (χ0) is 26.0. The Hall–Kier alpha value is -4.31. The summed E-state index contributed by atoms with van der Waals surface area (Å²) < 4.78 is 6.14. The monoisotopic (exact) mass is 488 g/mol. The first-order chi connectivity index (χ1) is 17.8. The first-order valence-electron chi connectivity index (χ1n) is 12.6. The van der Waals surface area contributed by atoms with Gasteiger partial charge in [-0.2, -0.15) is 0 Å². The Morgan fingerprint density at radius 1 is 0.811 bits per heavy atom. The molecule has 0 spiro atoms. The molecule has 1 amide bonds. The number of amides is 1. The predicted octanol–water partition coefficient (Wildman–Crippen LogP) is 7.90. The number of nitrogen functional groups attached to an aromatic ring is 1. The van der Waals surface area contributed by atoms with E-state index in [0.717, 1.165) is 33.7 Å². The smallest absolute Gasteiger partial charge is 0.232 e. The second-order valence-electron chi connectivity index (χ2n) is 10.6. The van der Waals surface area contributed by atoms with Gasteiger partial charge in [0.2, 0.25) is 5.91 Å². The van der Waals surface area contributed by atoms with E-state index in [1.165, 1.54) is 5.56 Å². The van der Waals surface area contributed by atoms with E-state index in [9.17, 15) is 4.79 Å². The van der Waals surface area contributed by atoms with Crippen LogP contribution < -0.4 is 11.1 Å². The molecule has 0 fully saturated rings. The van der Waals surface area contributed by atoms with Crippen molar-refractivity contribution in [1.29, 1.82) is 0 Å². The summed E-state index contributed by atoms with van der Waals surface area (Å²) in [6, 6.07) is 33.8. The average Bonchev–Trinajstić information content (AvgIpc) is 3.36. The molecule has 5 rings (SSSR count). The molecule has 37 heavy (non-hydrogen) atoms. The third-order valence-electron chi connectivity index (χ3n) is 6.81. The number of carbonyl (C=O) groups excluding carboxylic acids is 1. The van der Waals surface area contributed by atoms with Gasteiger partial charge in [0.1, 0.15) is 11.5 Å². The van der Waals surface area contributed by atoms with Crippen molar-refractivity contribution in [2.75, 3.05) is 11.1 Å². The van der Waals surface area contributed by atoms with Crippen molar-refractivity contribution in [2.24, 2.45) is 0 Å². The molecular formula is C33H32N2O2. The quantitative estimate of drug-likeness (QED) is 0.239. The lowest BCUT2D eigenvalue weighted by molar-refractivity contribution is -0.117. The Morgan fingerprint density at radius 2 is 1.54 bits per heavy atom. The standard InChI is InChI=1S/C33H32N2O2/c1-33(2,3)25-16-13-23(14-17-25)28(21-22-11-18-26(34)19-12-22)32(36)35-29-9-5-4-8-27(29)31-20-15-24-7-6-10-30(24)37-31/h4-20,28H,21,34H2,1-3H3,(H,35,36). The zero-order valence-corrected chi connectivity index (χ0v) is 21.5. The van der Waals surface area contributed by atoms with E-state index in [0.29, 0.717) is 17.9 Å². The van der Waals surface area contributed by atoms with Crippen LogP contribution in [0.25, 0.3) is 22.6 Å². The minimum absolute atomic E-state index is 0.0402. The summed E-state index contributed by atoms with van der Waals surface area (Å²) in [7, 11) is 0. The number of anilines is 2. The highest BCUT2D eigenvalue weighted by molar-refractivity contribution is 5.99. The molecule has 0 saturated carbocycles. The summed E-state index contributed by atoms with van der Waals surface area (Å²) in [5, 5.41) is 3.20. The maximum atomic E-state index is 13.9. The highest BCUT2D eigenvalue weighted by Crippen LogP contribution is 2.34. The number of para-hydroxylation sites is 1. The first-order valence-corrected chi connectivity index (χ1v) is 12.6. The Kier molecular flexibility index (Phi) is 6.58. The number of nitrogens with two attached hydrogens (primary N) is 1. The Balaban J connectivity index is 1.48. The van der Waals surface area contributed by atoms with Gasteiger partial charge in [0.25, 0.3) is 0 Å². The van der Waals surface area contributed by atoms with E-state index >= 15 is 0 Å². The molecule has 1 heterocycles. The highest BCUT2D eigenvalue weighted by atomic mass is 16.3. The molecule has 1 aliphatic carbocycles. The van der Waals surface area contributed by atoms with Gasteiger partial charge in [0.05, 0.1) is 11.6 Å². The fourth-order valence-corrected chi connectivity index (χ4v) is 4.60. The van der Waals surface area contributed by atoms with Crippen molar-refractivity contribution in [3.63, 3.8) is 0 Å². The summed E-state index contributed by atoms with van der Waals surface area (Å²) in [6.07, 6.45) is 0.562. The number of fused-ring (bicyclic) bond motifs is 1. The van der Waals surface area contributed by atoms with Gasteiger partial charge in [-0.3, -0.25) is 4.79 Å². The molecule has 1 unspecified atom stereocenters. The van der Waals surface area contributed by atoms with Crippen LogP contribution in [0.15, 0.2) is 108 Å². The van der Waals surface area contributed by atoms with Gasteiger partial charge in [-0.1, -0.05) is 81.4 Å². The molecule has 0 aromatic heterocycles. The van der Waals surface area contributed by atoms with E-state index in [-0.39, 0.29) is 17.2 Å². The summed E-state index contributed by atoms with van der Waals surface area (Å²) in [5.41, 5.74) is 12.5. The SMILES string of the molecule is CC(C)(C)c1ccc(C(Cc2ccc(N)cc2)C(=O)Nc2ccccc2-c2ccc3cccc-3o2)cc1. The normalized spacial score (nSPS) is 12.4. The average molecular weight is 489 g/mol. The molecule has 4 heteroatoms. The maximum Gasteiger partial charge on any atom is 0.232 e. The third-order valence-corrected chi connectivity index (χ3v) is 6.81. The molecule has 3 aromatic carbocycles. The van der Waals surface area contributed by atoms with E-state index in [1.54, 1.807) is 0 Å². The van der Waals surface area contributed by atoms with Gasteiger partial charge in [-0.05, 0) is 71.0 Å². The number of carbonyl (C=O) groups is 1. The summed E-state index contributed by atoms with van der Waals surface area (Å²) in [6.45, 7) is 6.57. The van der Waals surface area contributed by atoms with Gasteiger partial charge < -0.3 is 15.5 Å². The lowest BCUT2D eigenvalue weighted by atomic mass is 9.84. The number of hydrogen-bond acceptors (Lipinski definition) is 3. The molecule has 1 atom stereocenters. The minimum Gasteiger partial charge on any atom is -0.456 e. The topological polar surface area (TPSA) is 68.3 Å². The fraction of sp³-hybridized carbons (Fsp3) is 0.182. The van der Waals surface area contributed by atoms with Gasteiger partial charge in [0, 0.05) is 16.8 Å². The van der Waals surface area contributed by atoms with Crippen molar-refractivity contribution in [3.8, 4) is 22.6 Å². The predicted molar refractivity (Wildman–Crippen MR) is 152 cm³/mol. The van der Waals surface area contributed by atoms with Crippen LogP contribution in [-0.2, 0) is 16.6 Å². The van der Waals surface area contributed by atoms with Crippen LogP contribution in [0.3, 0.4) is 0 Å². The van der Waals surface area contributed by atoms with Crippen LogP contribution in [0, 0.1) is 0 Å². The lowest BCUT2D eigenvalue weighted by Crippen LogP contribution is -2.23. The van der Waals surface area contributed by atoms with Crippen molar-refractivity contribution < 1.29 is 9.21 Å². The molecule has 3 aromatic rings. The van der Waals surface area contributed by atoms with E-state index in [2.05, 4.69) is 50.4 Å². The molecule has 2 aliphatic rings. The zero-order valence-electron chi connectivity index (χ0n) is 21.5. The third kappa shape index (κ3) is 5.44. The molecular weight excluding hydrogens is 456 g/mol. The van der Waals surface area contributed by atoms with Crippen LogP contribution in [0.1, 0.15) is 43.4 Å². The van der Waals surface area contributed by atoms with E-state index in [4.69, 9.17) is 10.2 Å². The summed E-state index contributed by atoms with van der Waals surface area (Å²) in [5.74, 6) is 1.08. The van der Waals surface area contributed by atoms with Crippen LogP contribution in [0.4, 0.5) is 11.4 Å². The Morgan fingerprint density at radius 3 is 2.27 bits per heavy atom. The molecule has 0 saturated heterocycles. The van der Waals surface area contributed by atoms with Gasteiger partial charge in [0.15, 0.2) is 0 Å². The second kappa shape index (κ2) is 9.98. The molecule has 3 N–H and O–H groups in total.